The molecular weight excluding hydrogens is 206 g/mol. The van der Waals surface area contributed by atoms with Crippen molar-refractivity contribution < 1.29 is 9.90 Å². The summed E-state index contributed by atoms with van der Waals surface area (Å²) in [6.07, 6.45) is 1.51. The van der Waals surface area contributed by atoms with Gasteiger partial charge >= 0.3 is 5.97 Å². The number of aryl methyl sites for hydroxylation is 1. The predicted molar refractivity (Wildman–Crippen MR) is 52.8 cm³/mol. The molecule has 5 nitrogen and oxygen atoms in total. The zero-order chi connectivity index (χ0) is 9.42. The maximum Gasteiger partial charge on any atom is 0.354 e. The van der Waals surface area contributed by atoms with Crippen molar-refractivity contribution in [2.45, 2.75) is 6.92 Å². The van der Waals surface area contributed by atoms with E-state index < -0.39 is 5.97 Å². The van der Waals surface area contributed by atoms with Gasteiger partial charge in [-0.3, -0.25) is 5.10 Å². The van der Waals surface area contributed by atoms with Gasteiger partial charge in [-0.25, -0.2) is 9.78 Å². The fraction of sp³-hybridized carbons (Fsp3) is 0.125. The second-order valence-electron chi connectivity index (χ2n) is 2.74. The molecule has 2 aromatic rings. The summed E-state index contributed by atoms with van der Waals surface area (Å²) < 4.78 is 0. The maximum absolute atomic E-state index is 10.6. The number of halogens is 1. The smallest absolute Gasteiger partial charge is 0.354 e. The lowest BCUT2D eigenvalue weighted by molar-refractivity contribution is 0.0690. The van der Waals surface area contributed by atoms with Crippen LogP contribution >= 0.6 is 12.4 Å². The number of hydrogen-bond donors (Lipinski definition) is 2. The molecular formula is C8H8ClN3O2. The van der Waals surface area contributed by atoms with Crippen molar-refractivity contribution in [2.75, 3.05) is 0 Å². The van der Waals surface area contributed by atoms with Crippen molar-refractivity contribution >= 4 is 29.3 Å². The molecule has 0 aliphatic heterocycles. The van der Waals surface area contributed by atoms with E-state index in [-0.39, 0.29) is 18.1 Å². The Balaban J connectivity index is 0.000000980. The standard InChI is InChI=1S/C8H7N3O2.ClH/c1-4-5-3-9-7(8(12)13)2-6(5)11-10-4;/h2-3H,1H3,(H,10,11)(H,12,13);1H. The van der Waals surface area contributed by atoms with Gasteiger partial charge in [0.2, 0.25) is 0 Å². The summed E-state index contributed by atoms with van der Waals surface area (Å²) in [5.41, 5.74) is 1.53. The first-order valence-corrected chi connectivity index (χ1v) is 3.72. The third-order valence-electron chi connectivity index (χ3n) is 1.85. The minimum Gasteiger partial charge on any atom is -0.477 e. The van der Waals surface area contributed by atoms with Crippen LogP contribution in [-0.4, -0.2) is 26.3 Å². The van der Waals surface area contributed by atoms with Crippen LogP contribution in [0.2, 0.25) is 0 Å². The lowest BCUT2D eigenvalue weighted by Crippen LogP contribution is -1.98. The van der Waals surface area contributed by atoms with Crippen molar-refractivity contribution in [3.05, 3.63) is 23.7 Å². The topological polar surface area (TPSA) is 78.9 Å². The molecule has 0 atom stereocenters. The molecule has 14 heavy (non-hydrogen) atoms. The fourth-order valence-corrected chi connectivity index (χ4v) is 1.15. The summed E-state index contributed by atoms with van der Waals surface area (Å²) >= 11 is 0. The van der Waals surface area contributed by atoms with Gasteiger partial charge in [-0.2, -0.15) is 5.10 Å². The Bertz CT molecular complexity index is 480. The van der Waals surface area contributed by atoms with E-state index in [1.807, 2.05) is 6.92 Å². The summed E-state index contributed by atoms with van der Waals surface area (Å²) in [4.78, 5) is 14.3. The number of hydrogen-bond acceptors (Lipinski definition) is 3. The van der Waals surface area contributed by atoms with Crippen LogP contribution in [-0.2, 0) is 0 Å². The van der Waals surface area contributed by atoms with E-state index in [2.05, 4.69) is 15.2 Å². The van der Waals surface area contributed by atoms with Crippen LogP contribution in [0.5, 0.6) is 0 Å². The highest BCUT2D eigenvalue weighted by molar-refractivity contribution is 5.91. The molecule has 0 unspecified atom stereocenters. The summed E-state index contributed by atoms with van der Waals surface area (Å²) in [7, 11) is 0. The highest BCUT2D eigenvalue weighted by Gasteiger charge is 2.07. The molecule has 0 aliphatic rings. The molecule has 2 rings (SSSR count). The Morgan fingerprint density at radius 3 is 2.93 bits per heavy atom. The quantitative estimate of drug-likeness (QED) is 0.750. The van der Waals surface area contributed by atoms with Gasteiger partial charge in [0.25, 0.3) is 0 Å². The van der Waals surface area contributed by atoms with Crippen molar-refractivity contribution in [1.82, 2.24) is 15.2 Å². The summed E-state index contributed by atoms with van der Waals surface area (Å²) in [5, 5.41) is 16.2. The molecule has 0 spiro atoms. The molecule has 0 radical (unpaired) electrons. The molecule has 0 saturated carbocycles. The van der Waals surface area contributed by atoms with E-state index in [0.717, 1.165) is 11.1 Å². The second kappa shape index (κ2) is 3.63. The zero-order valence-electron chi connectivity index (χ0n) is 7.31. The van der Waals surface area contributed by atoms with Crippen LogP contribution in [0.3, 0.4) is 0 Å². The minimum absolute atomic E-state index is 0. The van der Waals surface area contributed by atoms with E-state index in [0.29, 0.717) is 5.52 Å². The number of carbonyl (C=O) groups is 1. The van der Waals surface area contributed by atoms with Crippen LogP contribution in [0, 0.1) is 6.92 Å². The van der Waals surface area contributed by atoms with Crippen molar-refractivity contribution in [2.24, 2.45) is 0 Å². The average Bonchev–Trinajstić information content (AvgIpc) is 2.47. The molecule has 0 saturated heterocycles. The first-order valence-electron chi connectivity index (χ1n) is 3.72. The Kier molecular flexibility index (Phi) is 2.71. The zero-order valence-corrected chi connectivity index (χ0v) is 8.13. The maximum atomic E-state index is 10.6. The molecule has 2 N–H and O–H groups in total. The van der Waals surface area contributed by atoms with Gasteiger partial charge in [0.05, 0.1) is 5.52 Å². The first-order chi connectivity index (χ1) is 6.18. The Labute approximate surface area is 85.6 Å². The van der Waals surface area contributed by atoms with E-state index in [9.17, 15) is 4.79 Å². The largest absolute Gasteiger partial charge is 0.477 e. The lowest BCUT2D eigenvalue weighted by Gasteiger charge is -1.92. The lowest BCUT2D eigenvalue weighted by atomic mass is 10.2. The van der Waals surface area contributed by atoms with Gasteiger partial charge in [0, 0.05) is 17.3 Å². The van der Waals surface area contributed by atoms with E-state index >= 15 is 0 Å². The van der Waals surface area contributed by atoms with Gasteiger partial charge in [0.15, 0.2) is 0 Å². The first kappa shape index (κ1) is 10.5. The third-order valence-corrected chi connectivity index (χ3v) is 1.85. The number of carboxylic acid groups (broad SMARTS) is 1. The van der Waals surface area contributed by atoms with E-state index in [1.165, 1.54) is 12.3 Å². The average molecular weight is 214 g/mol. The highest BCUT2D eigenvalue weighted by Crippen LogP contribution is 2.14. The summed E-state index contributed by atoms with van der Waals surface area (Å²) in [6.45, 7) is 1.86. The van der Waals surface area contributed by atoms with Gasteiger partial charge in [-0.1, -0.05) is 0 Å². The van der Waals surface area contributed by atoms with Gasteiger partial charge in [0.1, 0.15) is 5.69 Å². The Hall–Kier alpha value is -1.62. The second-order valence-corrected chi connectivity index (χ2v) is 2.74. The third kappa shape index (κ3) is 1.54. The van der Waals surface area contributed by atoms with Crippen molar-refractivity contribution in [3.8, 4) is 0 Å². The van der Waals surface area contributed by atoms with Gasteiger partial charge in [-0.05, 0) is 13.0 Å². The molecule has 0 amide bonds. The van der Waals surface area contributed by atoms with E-state index in [4.69, 9.17) is 5.11 Å². The number of rotatable bonds is 1. The highest BCUT2D eigenvalue weighted by atomic mass is 35.5. The van der Waals surface area contributed by atoms with Crippen LogP contribution in [0.25, 0.3) is 10.9 Å². The number of carboxylic acids is 1. The Morgan fingerprint density at radius 1 is 1.57 bits per heavy atom. The number of aromatic carboxylic acids is 1. The monoisotopic (exact) mass is 213 g/mol. The molecule has 6 heteroatoms. The number of aromatic amines is 1. The summed E-state index contributed by atoms with van der Waals surface area (Å²) in [5.74, 6) is -1.04. The molecule has 0 aliphatic carbocycles. The van der Waals surface area contributed by atoms with E-state index in [1.54, 1.807) is 0 Å². The van der Waals surface area contributed by atoms with Crippen molar-refractivity contribution in [3.63, 3.8) is 0 Å². The SMILES string of the molecule is Cc1[nH]nc2cc(C(=O)O)ncc12.Cl. The number of aromatic nitrogens is 3. The number of fused-ring (bicyclic) bond motifs is 1. The molecule has 2 heterocycles. The molecule has 2 aromatic heterocycles. The molecule has 0 bridgehead atoms. The number of nitrogens with one attached hydrogen (secondary N) is 1. The minimum atomic E-state index is -1.04. The van der Waals surface area contributed by atoms with Crippen LogP contribution < -0.4 is 0 Å². The molecule has 0 aromatic carbocycles. The normalized spacial score (nSPS) is 9.79. The van der Waals surface area contributed by atoms with Crippen LogP contribution in [0.4, 0.5) is 0 Å². The van der Waals surface area contributed by atoms with Crippen LogP contribution in [0.15, 0.2) is 12.3 Å². The molecule has 0 fully saturated rings. The van der Waals surface area contributed by atoms with Crippen LogP contribution in [0.1, 0.15) is 16.2 Å². The Morgan fingerprint density at radius 2 is 2.29 bits per heavy atom. The summed E-state index contributed by atoms with van der Waals surface area (Å²) in [6, 6.07) is 1.45. The van der Waals surface area contributed by atoms with Gasteiger partial charge in [-0.15, -0.1) is 12.4 Å². The number of nitrogens with zero attached hydrogens (tertiary/aromatic N) is 2. The fourth-order valence-electron chi connectivity index (χ4n) is 1.15. The number of pyridine rings is 1. The predicted octanol–water partition coefficient (Wildman–Crippen LogP) is 1.39. The number of H-pyrrole nitrogens is 1. The van der Waals surface area contributed by atoms with Crippen molar-refractivity contribution in [1.29, 1.82) is 0 Å². The molecule has 74 valence electrons. The van der Waals surface area contributed by atoms with Gasteiger partial charge < -0.3 is 5.11 Å².